The highest BCUT2D eigenvalue weighted by atomic mass is 16.5. The Morgan fingerprint density at radius 3 is 2.52 bits per heavy atom. The van der Waals surface area contributed by atoms with Crippen molar-refractivity contribution in [3.05, 3.63) is 60.2 Å². The predicted octanol–water partition coefficient (Wildman–Crippen LogP) is 2.69. The summed E-state index contributed by atoms with van der Waals surface area (Å²) in [5.41, 5.74) is 3.71. The Kier molecular flexibility index (Phi) is 3.99. The lowest BCUT2D eigenvalue weighted by Crippen LogP contribution is -2.46. The first-order valence-corrected chi connectivity index (χ1v) is 8.20. The van der Waals surface area contributed by atoms with E-state index in [1.54, 1.807) is 0 Å². The molecule has 0 spiro atoms. The molecule has 118 valence electrons. The van der Waals surface area contributed by atoms with Crippen LogP contribution in [0.15, 0.2) is 59.6 Å². The molecular formula is C19H21N3O. The van der Waals surface area contributed by atoms with Gasteiger partial charge in [-0.2, -0.15) is 0 Å². The first kappa shape index (κ1) is 14.3. The van der Waals surface area contributed by atoms with Crippen LogP contribution in [0.2, 0.25) is 0 Å². The lowest BCUT2D eigenvalue weighted by atomic mass is 10.0. The van der Waals surface area contributed by atoms with Crippen molar-refractivity contribution in [2.45, 2.75) is 6.10 Å². The molecule has 1 fully saturated rings. The zero-order chi connectivity index (χ0) is 15.5. The van der Waals surface area contributed by atoms with Crippen LogP contribution >= 0.6 is 0 Å². The molecule has 4 rings (SSSR count). The molecule has 2 aromatic carbocycles. The molecule has 1 atom stereocenters. The molecule has 0 aromatic heterocycles. The number of morpholine rings is 1. The van der Waals surface area contributed by atoms with Gasteiger partial charge in [-0.3, -0.25) is 4.99 Å². The molecule has 0 bridgehead atoms. The van der Waals surface area contributed by atoms with Gasteiger partial charge in [0.25, 0.3) is 0 Å². The lowest BCUT2D eigenvalue weighted by Gasteiger charge is -2.34. The molecule has 2 aromatic rings. The largest absolute Gasteiger partial charge is 0.370 e. The minimum atomic E-state index is 0.110. The maximum atomic E-state index is 5.97. The van der Waals surface area contributed by atoms with Crippen LogP contribution in [0.25, 0.3) is 11.1 Å². The number of aliphatic imine (C=N–C) groups is 1. The van der Waals surface area contributed by atoms with Crippen molar-refractivity contribution >= 4 is 5.96 Å². The summed E-state index contributed by atoms with van der Waals surface area (Å²) >= 11 is 0. The summed E-state index contributed by atoms with van der Waals surface area (Å²) in [5, 5.41) is 3.35. The minimum absolute atomic E-state index is 0.110. The van der Waals surface area contributed by atoms with Crippen molar-refractivity contribution in [3.8, 4) is 11.1 Å². The van der Waals surface area contributed by atoms with Crippen molar-refractivity contribution in [2.75, 3.05) is 32.8 Å². The third-order valence-corrected chi connectivity index (χ3v) is 4.41. The second kappa shape index (κ2) is 6.42. The molecule has 0 unspecified atom stereocenters. The van der Waals surface area contributed by atoms with Crippen LogP contribution in [-0.2, 0) is 4.74 Å². The molecule has 0 aliphatic carbocycles. The van der Waals surface area contributed by atoms with E-state index in [-0.39, 0.29) is 6.10 Å². The van der Waals surface area contributed by atoms with Gasteiger partial charge in [-0.05, 0) is 16.7 Å². The monoisotopic (exact) mass is 307 g/mol. The number of guanidine groups is 1. The third-order valence-electron chi connectivity index (χ3n) is 4.41. The summed E-state index contributed by atoms with van der Waals surface area (Å²) < 4.78 is 5.97. The van der Waals surface area contributed by atoms with Crippen LogP contribution in [0.4, 0.5) is 0 Å². The smallest absolute Gasteiger partial charge is 0.194 e. The first-order valence-electron chi connectivity index (χ1n) is 8.20. The number of nitrogens with one attached hydrogen (secondary N) is 1. The molecule has 4 heteroatoms. The Morgan fingerprint density at radius 2 is 1.78 bits per heavy atom. The van der Waals surface area contributed by atoms with Crippen LogP contribution in [0.5, 0.6) is 0 Å². The fourth-order valence-electron chi connectivity index (χ4n) is 3.16. The lowest BCUT2D eigenvalue weighted by molar-refractivity contribution is -0.00768. The number of hydrogen-bond acceptors (Lipinski definition) is 4. The van der Waals surface area contributed by atoms with E-state index in [0.717, 1.165) is 38.7 Å². The molecular weight excluding hydrogens is 286 g/mol. The highest BCUT2D eigenvalue weighted by molar-refractivity contribution is 5.81. The number of ether oxygens (including phenoxy) is 1. The van der Waals surface area contributed by atoms with Crippen molar-refractivity contribution in [1.82, 2.24) is 10.2 Å². The van der Waals surface area contributed by atoms with E-state index in [9.17, 15) is 0 Å². The van der Waals surface area contributed by atoms with Crippen molar-refractivity contribution in [3.63, 3.8) is 0 Å². The first-order chi connectivity index (χ1) is 11.4. The molecule has 1 saturated heterocycles. The van der Waals surface area contributed by atoms with Crippen LogP contribution in [0.1, 0.15) is 11.7 Å². The summed E-state index contributed by atoms with van der Waals surface area (Å²) in [6, 6.07) is 19.2. The van der Waals surface area contributed by atoms with Crippen molar-refractivity contribution in [2.24, 2.45) is 4.99 Å². The van der Waals surface area contributed by atoms with E-state index >= 15 is 0 Å². The second-order valence-corrected chi connectivity index (χ2v) is 5.93. The molecule has 0 saturated carbocycles. The summed E-state index contributed by atoms with van der Waals surface area (Å²) in [7, 11) is 0. The van der Waals surface area contributed by atoms with Crippen LogP contribution < -0.4 is 5.32 Å². The van der Waals surface area contributed by atoms with Gasteiger partial charge >= 0.3 is 0 Å². The van der Waals surface area contributed by atoms with E-state index in [0.29, 0.717) is 0 Å². The molecule has 0 radical (unpaired) electrons. The fraction of sp³-hybridized carbons (Fsp3) is 0.316. The Morgan fingerprint density at radius 1 is 1.00 bits per heavy atom. The normalized spacial score (nSPS) is 21.0. The summed E-state index contributed by atoms with van der Waals surface area (Å²) in [6.45, 7) is 4.33. The minimum Gasteiger partial charge on any atom is -0.370 e. The zero-order valence-corrected chi connectivity index (χ0v) is 13.1. The summed E-state index contributed by atoms with van der Waals surface area (Å²) in [6.07, 6.45) is 0.110. The van der Waals surface area contributed by atoms with Gasteiger partial charge in [0.05, 0.1) is 19.7 Å². The van der Waals surface area contributed by atoms with Gasteiger partial charge in [0.15, 0.2) is 5.96 Å². The third kappa shape index (κ3) is 3.08. The van der Waals surface area contributed by atoms with Gasteiger partial charge in [0, 0.05) is 13.1 Å². The predicted molar refractivity (Wildman–Crippen MR) is 92.4 cm³/mol. The second-order valence-electron chi connectivity index (χ2n) is 5.93. The molecule has 23 heavy (non-hydrogen) atoms. The van der Waals surface area contributed by atoms with Crippen LogP contribution in [-0.4, -0.2) is 43.6 Å². The topological polar surface area (TPSA) is 36.9 Å². The maximum absolute atomic E-state index is 5.97. The van der Waals surface area contributed by atoms with E-state index in [4.69, 9.17) is 4.74 Å². The molecule has 2 heterocycles. The Labute approximate surface area is 136 Å². The van der Waals surface area contributed by atoms with Crippen molar-refractivity contribution < 1.29 is 4.74 Å². The highest BCUT2D eigenvalue weighted by Gasteiger charge is 2.25. The molecule has 0 amide bonds. The van der Waals surface area contributed by atoms with Crippen LogP contribution in [0, 0.1) is 0 Å². The number of nitrogens with zero attached hydrogens (tertiary/aromatic N) is 2. The van der Waals surface area contributed by atoms with E-state index < -0.39 is 0 Å². The molecule has 2 aliphatic heterocycles. The Hall–Kier alpha value is -2.33. The van der Waals surface area contributed by atoms with E-state index in [1.807, 2.05) is 6.07 Å². The van der Waals surface area contributed by atoms with Gasteiger partial charge in [0.2, 0.25) is 0 Å². The van der Waals surface area contributed by atoms with Gasteiger partial charge < -0.3 is 15.0 Å². The Balaban J connectivity index is 1.49. The van der Waals surface area contributed by atoms with E-state index in [2.05, 4.69) is 63.7 Å². The standard InChI is InChI=1S/C19H21N3O/c1-2-4-15(5-3-1)16-6-8-17(9-7-16)18-14-22(12-13-23-18)19-20-10-11-21-19/h1-9,18H,10-14H2,(H,20,21)/t18-/m1/s1. The zero-order valence-electron chi connectivity index (χ0n) is 13.1. The Bertz CT molecular complexity index is 682. The highest BCUT2D eigenvalue weighted by Crippen LogP contribution is 2.26. The quantitative estimate of drug-likeness (QED) is 0.927. The average Bonchev–Trinajstić information content (AvgIpc) is 3.18. The van der Waals surface area contributed by atoms with Gasteiger partial charge in [0.1, 0.15) is 6.10 Å². The fourth-order valence-corrected chi connectivity index (χ4v) is 3.16. The van der Waals surface area contributed by atoms with Gasteiger partial charge in [-0.15, -0.1) is 0 Å². The van der Waals surface area contributed by atoms with Gasteiger partial charge in [-0.1, -0.05) is 54.6 Å². The SMILES string of the molecule is c1ccc(-c2ccc([C@H]3CN(C4=NCCN4)CCO3)cc2)cc1. The summed E-state index contributed by atoms with van der Waals surface area (Å²) in [4.78, 5) is 6.82. The van der Waals surface area contributed by atoms with Crippen LogP contribution in [0.3, 0.4) is 0 Å². The number of benzene rings is 2. The van der Waals surface area contributed by atoms with Crippen molar-refractivity contribution in [1.29, 1.82) is 0 Å². The average molecular weight is 307 g/mol. The molecule has 1 N–H and O–H groups in total. The number of hydrogen-bond donors (Lipinski definition) is 1. The summed E-state index contributed by atoms with van der Waals surface area (Å²) in [5.74, 6) is 1.03. The molecule has 4 nitrogen and oxygen atoms in total. The van der Waals surface area contributed by atoms with Gasteiger partial charge in [-0.25, -0.2) is 0 Å². The number of rotatable bonds is 2. The molecule has 2 aliphatic rings. The maximum Gasteiger partial charge on any atom is 0.194 e. The van der Waals surface area contributed by atoms with E-state index in [1.165, 1.54) is 16.7 Å².